The number of hydrogen-bond acceptors (Lipinski definition) is 3. The SMILES string of the molecule is CCC(C)[C@H](NC(=O)Nc1cc(OC)ccc1Br)C(=O)O. The first-order valence-corrected chi connectivity index (χ1v) is 7.32. The molecule has 0 aliphatic heterocycles. The number of methoxy groups -OCH3 is 1. The number of carbonyl (C=O) groups is 2. The van der Waals surface area contributed by atoms with Gasteiger partial charge in [0, 0.05) is 10.5 Å². The molecular weight excluding hydrogens is 340 g/mol. The lowest BCUT2D eigenvalue weighted by molar-refractivity contribution is -0.140. The van der Waals surface area contributed by atoms with Crippen molar-refractivity contribution >= 4 is 33.6 Å². The highest BCUT2D eigenvalue weighted by atomic mass is 79.9. The molecule has 0 bridgehead atoms. The van der Waals surface area contributed by atoms with Crippen molar-refractivity contribution in [3.63, 3.8) is 0 Å². The van der Waals surface area contributed by atoms with E-state index in [1.54, 1.807) is 25.1 Å². The predicted octanol–water partition coefficient (Wildman–Crippen LogP) is 3.08. The lowest BCUT2D eigenvalue weighted by Crippen LogP contribution is -2.46. The molecule has 0 aromatic heterocycles. The zero-order chi connectivity index (χ0) is 16.0. The summed E-state index contributed by atoms with van der Waals surface area (Å²) in [5.41, 5.74) is 0.500. The van der Waals surface area contributed by atoms with Gasteiger partial charge in [-0.25, -0.2) is 9.59 Å². The number of nitrogens with one attached hydrogen (secondary N) is 2. The Labute approximate surface area is 132 Å². The average Bonchev–Trinajstić information content (AvgIpc) is 2.46. The van der Waals surface area contributed by atoms with Crippen molar-refractivity contribution in [1.82, 2.24) is 5.32 Å². The molecule has 21 heavy (non-hydrogen) atoms. The average molecular weight is 359 g/mol. The molecule has 0 fully saturated rings. The summed E-state index contributed by atoms with van der Waals surface area (Å²) in [6.45, 7) is 3.65. The van der Waals surface area contributed by atoms with Gasteiger partial charge in [-0.15, -0.1) is 0 Å². The van der Waals surface area contributed by atoms with Crippen molar-refractivity contribution in [2.45, 2.75) is 26.3 Å². The van der Waals surface area contributed by atoms with Crippen molar-refractivity contribution in [3.8, 4) is 5.75 Å². The van der Waals surface area contributed by atoms with Crippen LogP contribution in [-0.2, 0) is 4.79 Å². The van der Waals surface area contributed by atoms with Crippen molar-refractivity contribution in [2.24, 2.45) is 5.92 Å². The summed E-state index contributed by atoms with van der Waals surface area (Å²) in [7, 11) is 1.52. The van der Waals surface area contributed by atoms with Crippen LogP contribution in [-0.4, -0.2) is 30.3 Å². The van der Waals surface area contributed by atoms with Crippen LogP contribution in [0.2, 0.25) is 0 Å². The van der Waals surface area contributed by atoms with Crippen molar-refractivity contribution in [3.05, 3.63) is 22.7 Å². The van der Waals surface area contributed by atoms with E-state index in [0.717, 1.165) is 0 Å². The molecule has 0 aliphatic rings. The summed E-state index contributed by atoms with van der Waals surface area (Å²) in [6.07, 6.45) is 0.653. The minimum absolute atomic E-state index is 0.165. The topological polar surface area (TPSA) is 87.7 Å². The highest BCUT2D eigenvalue weighted by Gasteiger charge is 2.25. The maximum Gasteiger partial charge on any atom is 0.326 e. The van der Waals surface area contributed by atoms with Crippen molar-refractivity contribution in [1.29, 1.82) is 0 Å². The predicted molar refractivity (Wildman–Crippen MR) is 83.7 cm³/mol. The third kappa shape index (κ3) is 4.93. The Balaban J connectivity index is 2.79. The molecule has 2 atom stereocenters. The van der Waals surface area contributed by atoms with Crippen molar-refractivity contribution in [2.75, 3.05) is 12.4 Å². The van der Waals surface area contributed by atoms with Crippen LogP contribution in [0.15, 0.2) is 22.7 Å². The number of amides is 2. The van der Waals surface area contributed by atoms with Crippen LogP contribution in [0, 0.1) is 5.92 Å². The number of hydrogen-bond donors (Lipinski definition) is 3. The van der Waals surface area contributed by atoms with Gasteiger partial charge in [0.1, 0.15) is 11.8 Å². The molecule has 116 valence electrons. The number of urea groups is 1. The number of anilines is 1. The second-order valence-corrected chi connectivity index (χ2v) is 5.50. The fraction of sp³-hybridized carbons (Fsp3) is 0.429. The molecule has 1 unspecified atom stereocenters. The van der Waals surface area contributed by atoms with E-state index in [9.17, 15) is 9.59 Å². The minimum Gasteiger partial charge on any atom is -0.497 e. The first kappa shape index (κ1) is 17.3. The van der Waals surface area contributed by atoms with E-state index < -0.39 is 18.0 Å². The summed E-state index contributed by atoms with van der Waals surface area (Å²) in [5.74, 6) is -0.628. The highest BCUT2D eigenvalue weighted by Crippen LogP contribution is 2.27. The Bertz CT molecular complexity index is 522. The molecule has 0 spiro atoms. The Kier molecular flexibility index (Phi) is 6.48. The quantitative estimate of drug-likeness (QED) is 0.728. The number of carbonyl (C=O) groups excluding carboxylic acids is 1. The van der Waals surface area contributed by atoms with E-state index in [1.165, 1.54) is 7.11 Å². The molecule has 6 nitrogen and oxygen atoms in total. The van der Waals surface area contributed by atoms with E-state index in [2.05, 4.69) is 26.6 Å². The molecule has 3 N–H and O–H groups in total. The fourth-order valence-corrected chi connectivity index (χ4v) is 2.06. The number of ether oxygens (including phenoxy) is 1. The van der Waals surface area contributed by atoms with Crippen LogP contribution in [0.5, 0.6) is 5.75 Å². The first-order valence-electron chi connectivity index (χ1n) is 6.52. The van der Waals surface area contributed by atoms with Crippen LogP contribution in [0.3, 0.4) is 0 Å². The Morgan fingerprint density at radius 3 is 2.62 bits per heavy atom. The van der Waals surface area contributed by atoms with Crippen LogP contribution >= 0.6 is 15.9 Å². The van der Waals surface area contributed by atoms with Gasteiger partial charge in [0.25, 0.3) is 0 Å². The lowest BCUT2D eigenvalue weighted by Gasteiger charge is -2.20. The molecule has 1 aromatic carbocycles. The normalized spacial score (nSPS) is 13.1. The second-order valence-electron chi connectivity index (χ2n) is 4.65. The number of aliphatic carboxylic acids is 1. The Morgan fingerprint density at radius 1 is 1.43 bits per heavy atom. The zero-order valence-electron chi connectivity index (χ0n) is 12.1. The highest BCUT2D eigenvalue weighted by molar-refractivity contribution is 9.10. The van der Waals surface area contributed by atoms with Gasteiger partial charge >= 0.3 is 12.0 Å². The molecular formula is C14H19BrN2O4. The molecule has 0 aliphatic carbocycles. The van der Waals surface area contributed by atoms with Gasteiger partial charge in [-0.05, 0) is 34.0 Å². The van der Waals surface area contributed by atoms with E-state index in [1.807, 2.05) is 6.92 Å². The molecule has 2 amide bonds. The van der Waals surface area contributed by atoms with Crippen LogP contribution in [0.1, 0.15) is 20.3 Å². The molecule has 7 heteroatoms. The summed E-state index contributed by atoms with van der Waals surface area (Å²) >= 11 is 3.31. The smallest absolute Gasteiger partial charge is 0.326 e. The number of benzene rings is 1. The van der Waals surface area contributed by atoms with Gasteiger partial charge in [0.2, 0.25) is 0 Å². The van der Waals surface area contributed by atoms with E-state index in [-0.39, 0.29) is 5.92 Å². The summed E-state index contributed by atoms with van der Waals surface area (Å²) in [5, 5.41) is 14.2. The monoisotopic (exact) mass is 358 g/mol. The Morgan fingerprint density at radius 2 is 2.10 bits per heavy atom. The maximum atomic E-state index is 12.0. The van der Waals surface area contributed by atoms with Gasteiger partial charge in [-0.3, -0.25) is 0 Å². The first-order chi connectivity index (χ1) is 9.88. The summed E-state index contributed by atoms with van der Waals surface area (Å²) in [4.78, 5) is 23.1. The maximum absolute atomic E-state index is 12.0. The number of rotatable bonds is 6. The van der Waals surface area contributed by atoms with E-state index >= 15 is 0 Å². The third-order valence-electron chi connectivity index (χ3n) is 3.19. The molecule has 1 aromatic rings. The summed E-state index contributed by atoms with van der Waals surface area (Å²) in [6, 6.07) is 3.61. The summed E-state index contributed by atoms with van der Waals surface area (Å²) < 4.78 is 5.75. The van der Waals surface area contributed by atoms with Crippen LogP contribution in [0.25, 0.3) is 0 Å². The molecule has 0 saturated carbocycles. The van der Waals surface area contributed by atoms with Crippen LogP contribution < -0.4 is 15.4 Å². The number of carboxylic acids is 1. The zero-order valence-corrected chi connectivity index (χ0v) is 13.7. The lowest BCUT2D eigenvalue weighted by atomic mass is 9.99. The Hall–Kier alpha value is -1.76. The molecule has 0 saturated heterocycles. The van der Waals surface area contributed by atoms with Crippen molar-refractivity contribution < 1.29 is 19.4 Å². The second kappa shape index (κ2) is 7.87. The van der Waals surface area contributed by atoms with Gasteiger partial charge in [-0.2, -0.15) is 0 Å². The third-order valence-corrected chi connectivity index (χ3v) is 3.88. The molecule has 0 heterocycles. The molecule has 0 radical (unpaired) electrons. The number of carboxylic acid groups (broad SMARTS) is 1. The van der Waals surface area contributed by atoms with E-state index in [0.29, 0.717) is 22.3 Å². The standard InChI is InChI=1S/C14H19BrN2O4/c1-4-8(2)12(13(18)19)17-14(20)16-11-7-9(21-3)5-6-10(11)15/h5-8,12H,4H2,1-3H3,(H,18,19)(H2,16,17,20)/t8?,12-/m0/s1. The van der Waals surface area contributed by atoms with Gasteiger partial charge in [0.15, 0.2) is 0 Å². The fourth-order valence-electron chi connectivity index (χ4n) is 1.71. The largest absolute Gasteiger partial charge is 0.497 e. The minimum atomic E-state index is -1.05. The van der Waals surface area contributed by atoms with Gasteiger partial charge < -0.3 is 20.5 Å². The molecule has 1 rings (SSSR count). The van der Waals surface area contributed by atoms with Gasteiger partial charge in [0.05, 0.1) is 12.8 Å². The number of halogens is 1. The van der Waals surface area contributed by atoms with E-state index in [4.69, 9.17) is 9.84 Å². The van der Waals surface area contributed by atoms with Gasteiger partial charge in [-0.1, -0.05) is 20.3 Å². The van der Waals surface area contributed by atoms with Crippen LogP contribution in [0.4, 0.5) is 10.5 Å².